The number of benzene rings is 1. The Bertz CT molecular complexity index is 501. The second kappa shape index (κ2) is 6.48. The van der Waals surface area contributed by atoms with Gasteiger partial charge in [0, 0.05) is 17.7 Å². The van der Waals surface area contributed by atoms with Gasteiger partial charge in [0.15, 0.2) is 0 Å². The first-order valence-electron chi connectivity index (χ1n) is 5.73. The number of hydrogen-bond donors (Lipinski definition) is 2. The lowest BCUT2D eigenvalue weighted by atomic mass is 10.1. The monoisotopic (exact) mass is 266 g/mol. The molecule has 0 heterocycles. The molecule has 7 heteroatoms. The molecule has 1 aromatic rings. The van der Waals surface area contributed by atoms with Crippen LogP contribution in [0.5, 0.6) is 0 Å². The maximum atomic E-state index is 11.8. The summed E-state index contributed by atoms with van der Waals surface area (Å²) in [6.45, 7) is 1.80. The van der Waals surface area contributed by atoms with Gasteiger partial charge >= 0.3 is 5.97 Å². The zero-order valence-electron chi connectivity index (χ0n) is 10.3. The van der Waals surface area contributed by atoms with Crippen molar-refractivity contribution in [3.05, 3.63) is 39.9 Å². The van der Waals surface area contributed by atoms with E-state index in [0.29, 0.717) is 12.8 Å². The van der Waals surface area contributed by atoms with Crippen molar-refractivity contribution in [3.63, 3.8) is 0 Å². The topological polar surface area (TPSA) is 110 Å². The van der Waals surface area contributed by atoms with Gasteiger partial charge in [0.25, 0.3) is 11.6 Å². The van der Waals surface area contributed by atoms with Gasteiger partial charge in [-0.1, -0.05) is 19.4 Å². The van der Waals surface area contributed by atoms with Gasteiger partial charge in [0.2, 0.25) is 0 Å². The highest BCUT2D eigenvalue weighted by atomic mass is 16.6. The molecule has 2 N–H and O–H groups in total. The Morgan fingerprint density at radius 1 is 1.47 bits per heavy atom. The summed E-state index contributed by atoms with van der Waals surface area (Å²) in [4.78, 5) is 32.7. The van der Waals surface area contributed by atoms with Crippen LogP contribution in [-0.4, -0.2) is 27.9 Å². The average Bonchev–Trinajstić information content (AvgIpc) is 2.38. The van der Waals surface area contributed by atoms with Gasteiger partial charge in [-0.3, -0.25) is 14.9 Å². The SMILES string of the molecule is CCCC(NC(=O)c1cccc([N+](=O)[O-])c1)C(=O)O. The first-order chi connectivity index (χ1) is 8.95. The zero-order chi connectivity index (χ0) is 14.4. The second-order valence-electron chi connectivity index (χ2n) is 3.96. The van der Waals surface area contributed by atoms with Crippen molar-refractivity contribution < 1.29 is 19.6 Å². The van der Waals surface area contributed by atoms with E-state index in [4.69, 9.17) is 5.11 Å². The first kappa shape index (κ1) is 14.6. The predicted octanol–water partition coefficient (Wildman–Crippen LogP) is 1.58. The van der Waals surface area contributed by atoms with Crippen LogP contribution in [0.1, 0.15) is 30.1 Å². The molecule has 0 bridgehead atoms. The normalized spacial score (nSPS) is 11.6. The molecule has 19 heavy (non-hydrogen) atoms. The Labute approximate surface area is 109 Å². The Morgan fingerprint density at radius 3 is 2.68 bits per heavy atom. The van der Waals surface area contributed by atoms with E-state index in [0.717, 1.165) is 6.07 Å². The molecule has 0 saturated heterocycles. The summed E-state index contributed by atoms with van der Waals surface area (Å²) < 4.78 is 0. The number of carbonyl (C=O) groups is 2. The maximum Gasteiger partial charge on any atom is 0.326 e. The second-order valence-corrected chi connectivity index (χ2v) is 3.96. The van der Waals surface area contributed by atoms with Gasteiger partial charge < -0.3 is 10.4 Å². The average molecular weight is 266 g/mol. The first-order valence-corrected chi connectivity index (χ1v) is 5.73. The van der Waals surface area contributed by atoms with E-state index in [1.54, 1.807) is 6.92 Å². The molecule has 0 aromatic heterocycles. The summed E-state index contributed by atoms with van der Waals surface area (Å²) in [5, 5.41) is 21.8. The number of carboxylic acids is 1. The molecular weight excluding hydrogens is 252 g/mol. The van der Waals surface area contributed by atoms with Crippen LogP contribution in [0.2, 0.25) is 0 Å². The molecule has 102 valence electrons. The number of nitrogens with one attached hydrogen (secondary N) is 1. The van der Waals surface area contributed by atoms with E-state index in [9.17, 15) is 19.7 Å². The number of amides is 1. The molecule has 1 atom stereocenters. The van der Waals surface area contributed by atoms with Crippen molar-refractivity contribution in [1.29, 1.82) is 0 Å². The molecule has 1 unspecified atom stereocenters. The van der Waals surface area contributed by atoms with Crippen molar-refractivity contribution in [2.45, 2.75) is 25.8 Å². The number of rotatable bonds is 6. The molecule has 1 rings (SSSR count). The largest absolute Gasteiger partial charge is 0.480 e. The Hall–Kier alpha value is -2.44. The third-order valence-electron chi connectivity index (χ3n) is 2.50. The number of carbonyl (C=O) groups excluding carboxylic acids is 1. The number of non-ortho nitro benzene ring substituents is 1. The molecule has 0 radical (unpaired) electrons. The highest BCUT2D eigenvalue weighted by molar-refractivity contribution is 5.97. The van der Waals surface area contributed by atoms with E-state index < -0.39 is 22.8 Å². The van der Waals surface area contributed by atoms with Crippen molar-refractivity contribution in [3.8, 4) is 0 Å². The molecule has 0 aliphatic rings. The molecule has 1 aromatic carbocycles. The number of carboxylic acid groups (broad SMARTS) is 1. The van der Waals surface area contributed by atoms with Crippen molar-refractivity contribution >= 4 is 17.6 Å². The van der Waals surface area contributed by atoms with Crippen LogP contribution in [0, 0.1) is 10.1 Å². The highest BCUT2D eigenvalue weighted by Gasteiger charge is 2.20. The van der Waals surface area contributed by atoms with Crippen molar-refractivity contribution in [1.82, 2.24) is 5.32 Å². The summed E-state index contributed by atoms with van der Waals surface area (Å²) >= 11 is 0. The summed E-state index contributed by atoms with van der Waals surface area (Å²) in [7, 11) is 0. The van der Waals surface area contributed by atoms with E-state index in [-0.39, 0.29) is 11.3 Å². The smallest absolute Gasteiger partial charge is 0.326 e. The highest BCUT2D eigenvalue weighted by Crippen LogP contribution is 2.13. The molecule has 0 spiro atoms. The Kier molecular flexibility index (Phi) is 4.99. The Balaban J connectivity index is 2.85. The van der Waals surface area contributed by atoms with E-state index in [1.165, 1.54) is 18.2 Å². The minimum atomic E-state index is -1.12. The van der Waals surface area contributed by atoms with Gasteiger partial charge in [-0.25, -0.2) is 4.79 Å². The van der Waals surface area contributed by atoms with Crippen LogP contribution < -0.4 is 5.32 Å². The minimum Gasteiger partial charge on any atom is -0.480 e. The summed E-state index contributed by atoms with van der Waals surface area (Å²) in [6.07, 6.45) is 0.905. The standard InChI is InChI=1S/C12H14N2O5/c1-2-4-10(12(16)17)13-11(15)8-5-3-6-9(7-8)14(18)19/h3,5-7,10H,2,4H2,1H3,(H,13,15)(H,16,17). The zero-order valence-corrected chi connectivity index (χ0v) is 10.3. The number of hydrogen-bond acceptors (Lipinski definition) is 4. The fourth-order valence-corrected chi connectivity index (χ4v) is 1.55. The number of nitro groups is 1. The maximum absolute atomic E-state index is 11.8. The number of aliphatic carboxylic acids is 1. The molecule has 1 amide bonds. The Morgan fingerprint density at radius 2 is 2.16 bits per heavy atom. The molecule has 0 aliphatic carbocycles. The minimum absolute atomic E-state index is 0.0663. The lowest BCUT2D eigenvalue weighted by molar-refractivity contribution is -0.384. The summed E-state index contributed by atoms with van der Waals surface area (Å²) in [5.74, 6) is -1.76. The molecule has 0 aliphatic heterocycles. The molecule has 7 nitrogen and oxygen atoms in total. The number of nitro benzene ring substituents is 1. The molecule has 0 fully saturated rings. The van der Waals surface area contributed by atoms with Crippen molar-refractivity contribution in [2.24, 2.45) is 0 Å². The van der Waals surface area contributed by atoms with Crippen LogP contribution in [0.15, 0.2) is 24.3 Å². The van der Waals surface area contributed by atoms with E-state index in [2.05, 4.69) is 5.32 Å². The van der Waals surface area contributed by atoms with Crippen LogP contribution >= 0.6 is 0 Å². The lowest BCUT2D eigenvalue weighted by Gasteiger charge is -2.13. The van der Waals surface area contributed by atoms with Gasteiger partial charge in [-0.15, -0.1) is 0 Å². The van der Waals surface area contributed by atoms with Gasteiger partial charge in [0.1, 0.15) is 6.04 Å². The van der Waals surface area contributed by atoms with Crippen LogP contribution in [0.3, 0.4) is 0 Å². The fraction of sp³-hybridized carbons (Fsp3) is 0.333. The fourth-order valence-electron chi connectivity index (χ4n) is 1.55. The lowest BCUT2D eigenvalue weighted by Crippen LogP contribution is -2.40. The van der Waals surface area contributed by atoms with Gasteiger partial charge in [-0.05, 0) is 12.5 Å². The van der Waals surface area contributed by atoms with Gasteiger partial charge in [0.05, 0.1) is 4.92 Å². The van der Waals surface area contributed by atoms with E-state index in [1.807, 2.05) is 0 Å². The van der Waals surface area contributed by atoms with Crippen LogP contribution in [0.25, 0.3) is 0 Å². The third kappa shape index (κ3) is 4.06. The predicted molar refractivity (Wildman–Crippen MR) is 66.9 cm³/mol. The quantitative estimate of drug-likeness (QED) is 0.600. The molecular formula is C12H14N2O5. The van der Waals surface area contributed by atoms with Crippen LogP contribution in [0.4, 0.5) is 5.69 Å². The van der Waals surface area contributed by atoms with Crippen LogP contribution in [-0.2, 0) is 4.79 Å². The van der Waals surface area contributed by atoms with Crippen molar-refractivity contribution in [2.75, 3.05) is 0 Å². The molecule has 0 saturated carbocycles. The summed E-state index contributed by atoms with van der Waals surface area (Å²) in [6, 6.07) is 4.16. The number of nitrogens with zero attached hydrogens (tertiary/aromatic N) is 1. The summed E-state index contributed by atoms with van der Waals surface area (Å²) in [5.41, 5.74) is -0.147. The third-order valence-corrected chi connectivity index (χ3v) is 2.50. The van der Waals surface area contributed by atoms with E-state index >= 15 is 0 Å². The van der Waals surface area contributed by atoms with Gasteiger partial charge in [-0.2, -0.15) is 0 Å².